The van der Waals surface area contributed by atoms with Crippen LogP contribution in [0.4, 0.5) is 10.3 Å². The Morgan fingerprint density at radius 2 is 2.20 bits per heavy atom. The van der Waals surface area contributed by atoms with Crippen molar-refractivity contribution in [2.45, 2.75) is 19.9 Å². The lowest BCUT2D eigenvalue weighted by molar-refractivity contribution is 0.421. The predicted octanol–water partition coefficient (Wildman–Crippen LogP) is 3.43. The molecule has 20 heavy (non-hydrogen) atoms. The fourth-order valence-electron chi connectivity index (χ4n) is 2.19. The van der Waals surface area contributed by atoms with Gasteiger partial charge in [-0.25, -0.2) is 14.4 Å². The molecule has 0 fully saturated rings. The highest BCUT2D eigenvalue weighted by molar-refractivity contribution is 9.10. The maximum atomic E-state index is 13.5. The van der Waals surface area contributed by atoms with Gasteiger partial charge in [-0.2, -0.15) is 0 Å². The third-order valence-corrected chi connectivity index (χ3v) is 3.75. The van der Waals surface area contributed by atoms with Gasteiger partial charge in [0.1, 0.15) is 17.6 Å². The van der Waals surface area contributed by atoms with Crippen LogP contribution >= 0.6 is 15.9 Å². The highest BCUT2D eigenvalue weighted by Crippen LogP contribution is 2.30. The zero-order valence-corrected chi connectivity index (χ0v) is 12.5. The smallest absolute Gasteiger partial charge is 0.217 e. The Morgan fingerprint density at radius 3 is 2.85 bits per heavy atom. The van der Waals surface area contributed by atoms with Gasteiger partial charge in [-0.3, -0.25) is 4.57 Å². The lowest BCUT2D eigenvalue weighted by atomic mass is 10.2. The first kappa shape index (κ1) is 13.1. The van der Waals surface area contributed by atoms with E-state index in [-0.39, 0.29) is 11.9 Å². The Labute approximate surface area is 122 Å². The quantitative estimate of drug-likeness (QED) is 0.777. The maximum Gasteiger partial charge on any atom is 0.217 e. The first-order valence-electron chi connectivity index (χ1n) is 6.02. The van der Waals surface area contributed by atoms with Crippen molar-refractivity contribution in [1.82, 2.24) is 14.5 Å². The minimum absolute atomic E-state index is 0.230. The van der Waals surface area contributed by atoms with E-state index in [0.717, 1.165) is 11.3 Å². The SMILES string of the molecule is Cc1cnc(C(C)n2c(N)nc3cc(F)c(Br)cc32)o1. The van der Waals surface area contributed by atoms with Crippen LogP contribution in [0.15, 0.2) is 27.2 Å². The Balaban J connectivity index is 2.20. The zero-order valence-electron chi connectivity index (χ0n) is 10.9. The number of nitrogen functional groups attached to an aromatic ring is 1. The summed E-state index contributed by atoms with van der Waals surface area (Å²) in [6.07, 6.45) is 1.65. The summed E-state index contributed by atoms with van der Waals surface area (Å²) in [6.45, 7) is 3.73. The Bertz CT molecular complexity index is 795. The van der Waals surface area contributed by atoms with Crippen molar-refractivity contribution in [1.29, 1.82) is 0 Å². The van der Waals surface area contributed by atoms with E-state index in [0.29, 0.717) is 21.8 Å². The van der Waals surface area contributed by atoms with Crippen LogP contribution in [0.5, 0.6) is 0 Å². The molecule has 104 valence electrons. The molecule has 0 amide bonds. The van der Waals surface area contributed by atoms with Crippen molar-refractivity contribution in [2.24, 2.45) is 0 Å². The molecule has 3 aromatic rings. The third kappa shape index (κ3) is 1.98. The number of hydrogen-bond acceptors (Lipinski definition) is 4. The molecule has 2 N–H and O–H groups in total. The van der Waals surface area contributed by atoms with E-state index in [1.165, 1.54) is 6.07 Å². The molecule has 0 radical (unpaired) electrons. The number of aromatic nitrogens is 3. The van der Waals surface area contributed by atoms with Crippen LogP contribution in [-0.2, 0) is 0 Å². The summed E-state index contributed by atoms with van der Waals surface area (Å²) in [5.74, 6) is 1.18. The van der Waals surface area contributed by atoms with Crippen LogP contribution in [-0.4, -0.2) is 14.5 Å². The molecular formula is C13H12BrFN4O. The van der Waals surface area contributed by atoms with Gasteiger partial charge in [0.2, 0.25) is 11.8 Å². The van der Waals surface area contributed by atoms with Gasteiger partial charge in [0.25, 0.3) is 0 Å². The van der Waals surface area contributed by atoms with Crippen LogP contribution in [0.1, 0.15) is 24.6 Å². The maximum absolute atomic E-state index is 13.5. The zero-order chi connectivity index (χ0) is 14.4. The third-order valence-electron chi connectivity index (χ3n) is 3.14. The van der Waals surface area contributed by atoms with Crippen LogP contribution in [0.2, 0.25) is 0 Å². The molecular weight excluding hydrogens is 327 g/mol. The molecule has 7 heteroatoms. The molecule has 2 aromatic heterocycles. The van der Waals surface area contributed by atoms with Gasteiger partial charge >= 0.3 is 0 Å². The number of aryl methyl sites for hydroxylation is 1. The normalized spacial score (nSPS) is 13.0. The van der Waals surface area contributed by atoms with Crippen LogP contribution in [0.25, 0.3) is 11.0 Å². The molecule has 5 nitrogen and oxygen atoms in total. The number of nitrogens with two attached hydrogens (primary N) is 1. The molecule has 1 aromatic carbocycles. The highest BCUT2D eigenvalue weighted by Gasteiger charge is 2.20. The molecule has 0 saturated heterocycles. The van der Waals surface area contributed by atoms with Gasteiger partial charge in [-0.1, -0.05) is 0 Å². The van der Waals surface area contributed by atoms with E-state index in [9.17, 15) is 4.39 Å². The largest absolute Gasteiger partial charge is 0.444 e. The van der Waals surface area contributed by atoms with E-state index in [4.69, 9.17) is 10.2 Å². The van der Waals surface area contributed by atoms with E-state index < -0.39 is 0 Å². The Kier molecular flexibility index (Phi) is 3.01. The molecule has 0 aliphatic heterocycles. The number of oxazole rings is 1. The van der Waals surface area contributed by atoms with E-state index in [2.05, 4.69) is 25.9 Å². The number of nitrogens with zero attached hydrogens (tertiary/aromatic N) is 3. The van der Waals surface area contributed by atoms with Crippen LogP contribution in [0.3, 0.4) is 0 Å². The number of halogens is 2. The second kappa shape index (κ2) is 4.59. The summed E-state index contributed by atoms with van der Waals surface area (Å²) >= 11 is 3.17. The number of rotatable bonds is 2. The summed E-state index contributed by atoms with van der Waals surface area (Å²) in [4.78, 5) is 8.38. The van der Waals surface area contributed by atoms with Crippen LogP contribution < -0.4 is 5.73 Å². The molecule has 0 bridgehead atoms. The first-order chi connectivity index (χ1) is 9.47. The van der Waals surface area contributed by atoms with Gasteiger partial charge < -0.3 is 10.2 Å². The predicted molar refractivity (Wildman–Crippen MR) is 76.9 cm³/mol. The van der Waals surface area contributed by atoms with Gasteiger partial charge in [0, 0.05) is 6.07 Å². The van der Waals surface area contributed by atoms with Crippen molar-refractivity contribution in [3.8, 4) is 0 Å². The van der Waals surface area contributed by atoms with Gasteiger partial charge in [-0.15, -0.1) is 0 Å². The van der Waals surface area contributed by atoms with Crippen LogP contribution in [0, 0.1) is 12.7 Å². The van der Waals surface area contributed by atoms with Crippen molar-refractivity contribution >= 4 is 32.9 Å². The fourth-order valence-corrected chi connectivity index (χ4v) is 2.52. The minimum atomic E-state index is -0.373. The molecule has 0 aliphatic carbocycles. The molecule has 1 atom stereocenters. The molecule has 2 heterocycles. The van der Waals surface area contributed by atoms with Gasteiger partial charge in [0.15, 0.2) is 0 Å². The average Bonchev–Trinajstić information content (AvgIpc) is 2.93. The lowest BCUT2D eigenvalue weighted by Gasteiger charge is -2.12. The van der Waals surface area contributed by atoms with Gasteiger partial charge in [0.05, 0.1) is 21.7 Å². The van der Waals surface area contributed by atoms with Crippen molar-refractivity contribution in [3.05, 3.63) is 40.3 Å². The number of fused-ring (bicyclic) bond motifs is 1. The Hall–Kier alpha value is -1.89. The minimum Gasteiger partial charge on any atom is -0.444 e. The summed E-state index contributed by atoms with van der Waals surface area (Å²) in [5, 5.41) is 0. The summed E-state index contributed by atoms with van der Waals surface area (Å²) in [6, 6.07) is 2.77. The topological polar surface area (TPSA) is 69.9 Å². The number of hydrogen-bond donors (Lipinski definition) is 1. The lowest BCUT2D eigenvalue weighted by Crippen LogP contribution is -2.10. The Morgan fingerprint density at radius 1 is 1.45 bits per heavy atom. The summed E-state index contributed by atoms with van der Waals surface area (Å²) in [5.41, 5.74) is 7.16. The number of imidazole rings is 1. The van der Waals surface area contributed by atoms with Crippen molar-refractivity contribution < 1.29 is 8.81 Å². The molecule has 1 unspecified atom stereocenters. The van der Waals surface area contributed by atoms with Crippen molar-refractivity contribution in [3.63, 3.8) is 0 Å². The molecule has 0 saturated carbocycles. The van der Waals surface area contributed by atoms with E-state index in [1.54, 1.807) is 16.8 Å². The first-order valence-corrected chi connectivity index (χ1v) is 6.81. The molecule has 3 rings (SSSR count). The second-order valence-electron chi connectivity index (χ2n) is 4.58. The van der Waals surface area contributed by atoms with E-state index in [1.807, 2.05) is 13.8 Å². The average molecular weight is 339 g/mol. The second-order valence-corrected chi connectivity index (χ2v) is 5.43. The highest BCUT2D eigenvalue weighted by atomic mass is 79.9. The number of benzene rings is 1. The summed E-state index contributed by atoms with van der Waals surface area (Å²) in [7, 11) is 0. The monoisotopic (exact) mass is 338 g/mol. The van der Waals surface area contributed by atoms with E-state index >= 15 is 0 Å². The fraction of sp³-hybridized carbons (Fsp3) is 0.231. The number of anilines is 1. The molecule has 0 aliphatic rings. The summed E-state index contributed by atoms with van der Waals surface area (Å²) < 4.78 is 21.2. The van der Waals surface area contributed by atoms with Crippen molar-refractivity contribution in [2.75, 3.05) is 5.73 Å². The van der Waals surface area contributed by atoms with Gasteiger partial charge in [-0.05, 0) is 35.8 Å². The standard InChI is InChI=1S/C13H12BrFN4O/c1-6-5-17-12(20-6)7(2)19-11-3-8(14)9(15)4-10(11)18-13(19)16/h3-5,7H,1-2H3,(H2,16,18). The molecule has 0 spiro atoms.